The number of ether oxygens (including phenoxy) is 4. The Balaban J connectivity index is -0.000000538. The molecule has 11 heteroatoms. The van der Waals surface area contributed by atoms with Crippen molar-refractivity contribution < 1.29 is 69.7 Å². The Bertz CT molecular complexity index is 1230. The average molecular weight is 891 g/mol. The first kappa shape index (κ1) is 50.6. The second kappa shape index (κ2) is 25.3. The summed E-state index contributed by atoms with van der Waals surface area (Å²) >= 11 is 0. The predicted octanol–water partition coefficient (Wildman–Crippen LogP) is 1.26. The molecule has 0 aromatic heterocycles. The standard InChI is InChI=1S/4C9H13OP.2BrH.Co/c4*1-6-4-8(11)5-7(2)9(6)10-3;;;/h4*4-5H,11H2,1-3H3;2*1H;/q;;;;;;+2/p-2. The van der Waals surface area contributed by atoms with Crippen LogP contribution in [0.1, 0.15) is 44.5 Å². The van der Waals surface area contributed by atoms with Gasteiger partial charge in [-0.1, -0.05) is 0 Å². The van der Waals surface area contributed by atoms with Gasteiger partial charge in [-0.25, -0.2) is 0 Å². The topological polar surface area (TPSA) is 36.9 Å². The molecule has 4 atom stereocenters. The van der Waals surface area contributed by atoms with E-state index in [1.807, 2.05) is 0 Å². The van der Waals surface area contributed by atoms with E-state index in [-0.39, 0.29) is 50.7 Å². The van der Waals surface area contributed by atoms with Crippen LogP contribution in [0.4, 0.5) is 0 Å². The molecule has 0 aliphatic rings. The van der Waals surface area contributed by atoms with Crippen LogP contribution >= 0.6 is 37.0 Å². The van der Waals surface area contributed by atoms with E-state index in [9.17, 15) is 0 Å². The number of halogens is 2. The molecule has 0 saturated carbocycles. The van der Waals surface area contributed by atoms with Crippen LogP contribution in [-0.4, -0.2) is 28.4 Å². The molecule has 0 aliphatic carbocycles. The Morgan fingerprint density at radius 2 is 0.426 bits per heavy atom. The molecule has 0 heterocycles. The molecule has 4 nitrogen and oxygen atoms in total. The van der Waals surface area contributed by atoms with E-state index in [4.69, 9.17) is 18.9 Å². The van der Waals surface area contributed by atoms with Crippen LogP contribution in [0.15, 0.2) is 48.5 Å². The minimum Gasteiger partial charge on any atom is -1.00 e. The summed E-state index contributed by atoms with van der Waals surface area (Å²) in [6, 6.07) is 16.8. The molecule has 4 rings (SSSR count). The fourth-order valence-electron chi connectivity index (χ4n) is 5.22. The zero-order valence-corrected chi connectivity index (χ0v) is 38.5. The van der Waals surface area contributed by atoms with Gasteiger partial charge in [0, 0.05) is 0 Å². The zero-order chi connectivity index (χ0) is 33.7. The third-order valence-electron chi connectivity index (χ3n) is 6.75. The van der Waals surface area contributed by atoms with E-state index in [1.54, 1.807) is 28.4 Å². The molecule has 4 unspecified atom stereocenters. The van der Waals surface area contributed by atoms with Crippen molar-refractivity contribution in [1.82, 2.24) is 0 Å². The first-order chi connectivity index (χ1) is 20.6. The van der Waals surface area contributed by atoms with Crippen LogP contribution < -0.4 is 74.1 Å². The van der Waals surface area contributed by atoms with Crippen LogP contribution in [0.5, 0.6) is 23.0 Å². The van der Waals surface area contributed by atoms with E-state index < -0.39 is 0 Å². The van der Waals surface area contributed by atoms with Gasteiger partial charge in [-0.3, -0.25) is 0 Å². The van der Waals surface area contributed by atoms with Crippen molar-refractivity contribution in [2.45, 2.75) is 55.4 Å². The number of hydrogen-bond donors (Lipinski definition) is 0. The summed E-state index contributed by atoms with van der Waals surface area (Å²) < 4.78 is 20.9. The molecule has 1 radical (unpaired) electrons. The van der Waals surface area contributed by atoms with Gasteiger partial charge in [-0.05, 0) is 170 Å². The molecule has 4 aromatic carbocycles. The Kier molecular flexibility index (Phi) is 27.2. The van der Waals surface area contributed by atoms with Crippen LogP contribution in [0, 0.1) is 55.4 Å². The van der Waals surface area contributed by atoms with E-state index in [1.165, 1.54) is 65.7 Å². The van der Waals surface area contributed by atoms with Gasteiger partial charge >= 0.3 is 16.8 Å². The summed E-state index contributed by atoms with van der Waals surface area (Å²) in [7, 11) is 17.6. The van der Waals surface area contributed by atoms with E-state index in [0.717, 1.165) is 23.0 Å². The minimum absolute atomic E-state index is 0. The van der Waals surface area contributed by atoms with Crippen molar-refractivity contribution in [1.29, 1.82) is 0 Å². The van der Waals surface area contributed by atoms with Crippen molar-refractivity contribution in [3.63, 3.8) is 0 Å². The van der Waals surface area contributed by atoms with Gasteiger partial charge in [0.05, 0.1) is 28.4 Å². The third kappa shape index (κ3) is 16.7. The largest absolute Gasteiger partial charge is 2.00 e. The van der Waals surface area contributed by atoms with Crippen molar-refractivity contribution in [2.75, 3.05) is 28.4 Å². The van der Waals surface area contributed by atoms with Gasteiger partial charge in [-0.15, -0.1) is 37.0 Å². The van der Waals surface area contributed by atoms with Crippen LogP contribution in [0.3, 0.4) is 0 Å². The van der Waals surface area contributed by atoms with Crippen LogP contribution in [0.25, 0.3) is 0 Å². The Hall–Kier alpha value is -0.734. The number of benzene rings is 4. The molecule has 0 aliphatic heterocycles. The fourth-order valence-corrected chi connectivity index (χ4v) is 7.22. The molecular formula is C36H52Br2CoO4P4. The molecule has 0 amide bonds. The summed E-state index contributed by atoms with van der Waals surface area (Å²) in [4.78, 5) is 0. The van der Waals surface area contributed by atoms with Gasteiger partial charge < -0.3 is 52.9 Å². The predicted molar refractivity (Wildman–Crippen MR) is 207 cm³/mol. The number of hydrogen-bond acceptors (Lipinski definition) is 4. The van der Waals surface area contributed by atoms with Gasteiger partial charge in [0.25, 0.3) is 0 Å². The van der Waals surface area contributed by atoms with E-state index in [0.29, 0.717) is 0 Å². The molecule has 4 aromatic rings. The molecule has 0 saturated heterocycles. The van der Waals surface area contributed by atoms with Crippen molar-refractivity contribution in [3.05, 3.63) is 93.0 Å². The average Bonchev–Trinajstić information content (AvgIpc) is 2.89. The quantitative estimate of drug-likeness (QED) is 0.290. The maximum absolute atomic E-state index is 5.22. The van der Waals surface area contributed by atoms with Gasteiger partial charge in [-0.2, -0.15) is 0 Å². The fraction of sp³-hybridized carbons (Fsp3) is 0.333. The van der Waals surface area contributed by atoms with Gasteiger partial charge in [0.15, 0.2) is 0 Å². The Morgan fingerprint density at radius 3 is 0.511 bits per heavy atom. The number of methoxy groups -OCH3 is 4. The molecule has 0 spiro atoms. The molecule has 263 valence electrons. The molecular weight excluding hydrogens is 839 g/mol. The van der Waals surface area contributed by atoms with Crippen molar-refractivity contribution in [2.24, 2.45) is 0 Å². The second-order valence-electron chi connectivity index (χ2n) is 10.8. The van der Waals surface area contributed by atoms with Gasteiger partial charge in [0.1, 0.15) is 23.0 Å². The van der Waals surface area contributed by atoms with E-state index >= 15 is 0 Å². The molecule has 0 N–H and O–H groups in total. The maximum atomic E-state index is 5.22. The molecule has 0 bridgehead atoms. The summed E-state index contributed by atoms with van der Waals surface area (Å²) in [5.41, 5.74) is 9.54. The minimum atomic E-state index is 0. The SMILES string of the molecule is COc1c(C)cc(P)cc1C.COc1c(C)cc(P)cc1C.COc1c(C)cc(P)cc1C.COc1c(C)cc(P)cc1C.[Br-].[Br-].[Co+2]. The summed E-state index contributed by atoms with van der Waals surface area (Å²) in [5, 5.41) is 4.84. The smallest absolute Gasteiger partial charge is 1.00 e. The van der Waals surface area contributed by atoms with Gasteiger partial charge in [0.2, 0.25) is 0 Å². The normalized spacial score (nSPS) is 9.19. The zero-order valence-electron chi connectivity index (χ0n) is 29.7. The number of aryl methyl sites for hydroxylation is 8. The maximum Gasteiger partial charge on any atom is 2.00 e. The first-order valence-corrected chi connectivity index (χ1v) is 16.5. The Labute approximate surface area is 325 Å². The van der Waals surface area contributed by atoms with Crippen molar-refractivity contribution >= 4 is 58.2 Å². The molecule has 47 heavy (non-hydrogen) atoms. The van der Waals surface area contributed by atoms with Crippen LogP contribution in [-0.2, 0) is 16.8 Å². The Morgan fingerprint density at radius 1 is 0.319 bits per heavy atom. The summed E-state index contributed by atoms with van der Waals surface area (Å²) in [5.74, 6) is 3.99. The summed E-state index contributed by atoms with van der Waals surface area (Å²) in [6.45, 7) is 16.4. The first-order valence-electron chi connectivity index (χ1n) is 14.2. The van der Waals surface area contributed by atoms with Crippen molar-refractivity contribution in [3.8, 4) is 23.0 Å². The molecule has 0 fully saturated rings. The summed E-state index contributed by atoms with van der Waals surface area (Å²) in [6.07, 6.45) is 0. The monoisotopic (exact) mass is 889 g/mol. The van der Waals surface area contributed by atoms with Crippen LogP contribution in [0.2, 0.25) is 0 Å². The van der Waals surface area contributed by atoms with E-state index in [2.05, 4.69) is 141 Å². The number of rotatable bonds is 4. The second-order valence-corrected chi connectivity index (χ2v) is 13.4. The third-order valence-corrected chi connectivity index (χ3v) is 8.08.